The Bertz CT molecular complexity index is 1880. The van der Waals surface area contributed by atoms with Crippen molar-refractivity contribution in [3.8, 4) is 0 Å². The minimum atomic E-state index is -1.30. The number of benzene rings is 1. The number of carbonyl (C=O) groups is 9. The number of unbranched alkanes of at least 4 members (excludes halogenated alkanes) is 6. The first-order valence-electron chi connectivity index (χ1n) is 26.5. The molecule has 9 amide bonds. The summed E-state index contributed by atoms with van der Waals surface area (Å²) in [5.41, 5.74) is 35.6. The van der Waals surface area contributed by atoms with Gasteiger partial charge in [-0.25, -0.2) is 0 Å². The molecule has 0 heterocycles. The summed E-state index contributed by atoms with van der Waals surface area (Å²) in [6.07, 6.45) is 8.06. The summed E-state index contributed by atoms with van der Waals surface area (Å²) in [7, 11) is 0. The van der Waals surface area contributed by atoms with E-state index in [2.05, 4.69) is 49.5 Å². The van der Waals surface area contributed by atoms with Crippen molar-refractivity contribution in [3.05, 3.63) is 35.9 Å². The Hall–Kier alpha value is -5.75. The summed E-state index contributed by atoms with van der Waals surface area (Å²) in [5, 5.41) is 21.4. The van der Waals surface area contributed by atoms with Crippen LogP contribution in [0.4, 0.5) is 0 Å². The van der Waals surface area contributed by atoms with E-state index in [4.69, 9.17) is 34.4 Å². The zero-order valence-corrected chi connectivity index (χ0v) is 44.6. The standard InChI is InChI=1S/C51H92N14O9/c1-6-7-8-9-10-11-15-18-43(66)59-36(19-24-52)46(69)58-28-23-35(56)45(68)60-37(20-25-53)49(72)64-41(30-33(4)5)50(73)65-42(31-34-16-13-12-14-17-34)51(74)62-38(21-26-54)47(70)61-39(22-27-55)48(71)63-40(44(57)67)29-32(2)3/h12-14,16-17,32-33,35-42H,6-11,15,18-31,52-56H2,1-5H3,(H2,57,67)(H,58,69)(H,59,66)(H,60,68)(H,61,70)(H,62,74)(H,63,71)(H,64,72)(H,65,73)/t35-,36+,37-,38-,39-,40-,41-,42+/m0/s1. The SMILES string of the molecule is CCCCCCCCCC(=O)N[C@H](CCN)C(=O)NCC[C@H](N)C(=O)N[C@@H](CCN)C(=O)N[C@@H](CC(C)C)C(=O)N[C@H](Cc1ccccc1)C(=O)N[C@@H](CCN)C(=O)N[C@@H](CCN)C(=O)N[C@@H](CC(C)C)C(N)=O. The number of primary amides is 1. The molecule has 1 rings (SSSR count). The van der Waals surface area contributed by atoms with Crippen molar-refractivity contribution in [2.45, 2.75) is 186 Å². The van der Waals surface area contributed by atoms with Crippen LogP contribution in [-0.2, 0) is 49.6 Å². The fraction of sp³-hybridized carbons (Fsp3) is 0.706. The molecule has 0 aliphatic rings. The highest BCUT2D eigenvalue weighted by Crippen LogP contribution is 2.12. The zero-order valence-electron chi connectivity index (χ0n) is 44.6. The van der Waals surface area contributed by atoms with Crippen molar-refractivity contribution in [1.29, 1.82) is 0 Å². The van der Waals surface area contributed by atoms with Gasteiger partial charge in [-0.15, -0.1) is 0 Å². The monoisotopic (exact) mass is 1040 g/mol. The third-order valence-corrected chi connectivity index (χ3v) is 12.1. The third-order valence-electron chi connectivity index (χ3n) is 12.1. The smallest absolute Gasteiger partial charge is 0.243 e. The van der Waals surface area contributed by atoms with Gasteiger partial charge in [0.1, 0.15) is 42.3 Å². The van der Waals surface area contributed by atoms with E-state index < -0.39 is 95.6 Å². The Morgan fingerprint density at radius 1 is 0.459 bits per heavy atom. The highest BCUT2D eigenvalue weighted by Gasteiger charge is 2.34. The fourth-order valence-corrected chi connectivity index (χ4v) is 7.98. The third kappa shape index (κ3) is 27.5. The molecule has 0 aliphatic heterocycles. The van der Waals surface area contributed by atoms with E-state index in [-0.39, 0.29) is 102 Å². The van der Waals surface area contributed by atoms with Crippen molar-refractivity contribution in [2.24, 2.45) is 46.2 Å². The second-order valence-corrected chi connectivity index (χ2v) is 19.7. The molecule has 0 bridgehead atoms. The van der Waals surface area contributed by atoms with E-state index in [1.54, 1.807) is 30.3 Å². The molecular formula is C51H92N14O9. The first kappa shape index (κ1) is 66.3. The number of hydrogen-bond acceptors (Lipinski definition) is 14. The maximum Gasteiger partial charge on any atom is 0.243 e. The Kier molecular flexibility index (Phi) is 33.9. The Morgan fingerprint density at radius 2 is 0.851 bits per heavy atom. The maximum absolute atomic E-state index is 14.2. The molecule has 1 aromatic rings. The van der Waals surface area contributed by atoms with Crippen LogP contribution in [0, 0.1) is 11.8 Å². The average molecular weight is 1050 g/mol. The molecule has 20 N–H and O–H groups in total. The molecule has 23 nitrogen and oxygen atoms in total. The van der Waals surface area contributed by atoms with Crippen LogP contribution in [0.3, 0.4) is 0 Å². The molecule has 0 aliphatic carbocycles. The highest BCUT2D eigenvalue weighted by molar-refractivity contribution is 5.97. The predicted octanol–water partition coefficient (Wildman–Crippen LogP) is -1.43. The van der Waals surface area contributed by atoms with E-state index in [9.17, 15) is 43.2 Å². The van der Waals surface area contributed by atoms with Crippen LogP contribution in [0.15, 0.2) is 30.3 Å². The van der Waals surface area contributed by atoms with Crippen LogP contribution in [0.2, 0.25) is 0 Å². The van der Waals surface area contributed by atoms with Crippen LogP contribution >= 0.6 is 0 Å². The molecule has 0 aromatic heterocycles. The van der Waals surface area contributed by atoms with Crippen LogP contribution in [0.5, 0.6) is 0 Å². The first-order valence-corrected chi connectivity index (χ1v) is 26.5. The van der Waals surface area contributed by atoms with E-state index in [0.717, 1.165) is 25.7 Å². The molecule has 0 fully saturated rings. The number of nitrogens with two attached hydrogens (primary N) is 6. The lowest BCUT2D eigenvalue weighted by molar-refractivity contribution is -0.135. The zero-order chi connectivity index (χ0) is 55.6. The first-order chi connectivity index (χ1) is 35.2. The van der Waals surface area contributed by atoms with Crippen LogP contribution in [0.25, 0.3) is 0 Å². The average Bonchev–Trinajstić information content (AvgIpc) is 3.34. The maximum atomic E-state index is 14.2. The summed E-state index contributed by atoms with van der Waals surface area (Å²) >= 11 is 0. The van der Waals surface area contributed by atoms with E-state index in [1.807, 2.05) is 27.7 Å². The van der Waals surface area contributed by atoms with Gasteiger partial charge in [-0.3, -0.25) is 43.2 Å². The largest absolute Gasteiger partial charge is 0.368 e. The highest BCUT2D eigenvalue weighted by atomic mass is 16.2. The van der Waals surface area contributed by atoms with Crippen molar-refractivity contribution >= 4 is 53.2 Å². The molecule has 420 valence electrons. The molecular weight excluding hydrogens is 953 g/mol. The summed E-state index contributed by atoms with van der Waals surface area (Å²) in [6.45, 7) is 9.56. The van der Waals surface area contributed by atoms with E-state index >= 15 is 0 Å². The van der Waals surface area contributed by atoms with Crippen LogP contribution in [-0.4, -0.2) is 134 Å². The second kappa shape index (κ2) is 37.9. The Morgan fingerprint density at radius 3 is 1.32 bits per heavy atom. The number of hydrogen-bond donors (Lipinski definition) is 14. The normalized spacial score (nSPS) is 14.5. The van der Waals surface area contributed by atoms with Gasteiger partial charge in [-0.1, -0.05) is 103 Å². The molecule has 0 spiro atoms. The molecule has 0 saturated heterocycles. The van der Waals surface area contributed by atoms with Gasteiger partial charge in [0.2, 0.25) is 53.2 Å². The Balaban J connectivity index is 3.15. The number of carbonyl (C=O) groups excluding carboxylic acids is 9. The summed E-state index contributed by atoms with van der Waals surface area (Å²) in [6, 6.07) is -0.485. The van der Waals surface area contributed by atoms with Gasteiger partial charge in [-0.05, 0) is 94.9 Å². The minimum Gasteiger partial charge on any atom is -0.368 e. The van der Waals surface area contributed by atoms with Crippen molar-refractivity contribution in [3.63, 3.8) is 0 Å². The lowest BCUT2D eigenvalue weighted by Crippen LogP contribution is -2.60. The molecule has 0 unspecified atom stereocenters. The van der Waals surface area contributed by atoms with E-state index in [0.29, 0.717) is 18.4 Å². The van der Waals surface area contributed by atoms with Crippen LogP contribution in [0.1, 0.15) is 136 Å². The topological polar surface area (TPSA) is 406 Å². The van der Waals surface area contributed by atoms with Gasteiger partial charge in [0.05, 0.1) is 6.04 Å². The summed E-state index contributed by atoms with van der Waals surface area (Å²) in [4.78, 5) is 120. The molecule has 23 heteroatoms. The molecule has 74 heavy (non-hydrogen) atoms. The van der Waals surface area contributed by atoms with Gasteiger partial charge < -0.3 is 76.9 Å². The lowest BCUT2D eigenvalue weighted by atomic mass is 10.00. The van der Waals surface area contributed by atoms with Gasteiger partial charge in [0, 0.05) is 19.4 Å². The summed E-state index contributed by atoms with van der Waals surface area (Å²) in [5.74, 6) is -6.03. The number of rotatable bonds is 40. The predicted molar refractivity (Wildman–Crippen MR) is 285 cm³/mol. The van der Waals surface area contributed by atoms with Gasteiger partial charge >= 0.3 is 0 Å². The number of amides is 9. The van der Waals surface area contributed by atoms with Gasteiger partial charge in [-0.2, -0.15) is 0 Å². The van der Waals surface area contributed by atoms with Gasteiger partial charge in [0.15, 0.2) is 0 Å². The molecule has 0 radical (unpaired) electrons. The van der Waals surface area contributed by atoms with Crippen molar-refractivity contribution in [1.82, 2.24) is 42.5 Å². The quantitative estimate of drug-likeness (QED) is 0.0336. The number of nitrogens with one attached hydrogen (secondary N) is 8. The molecule has 0 saturated carbocycles. The van der Waals surface area contributed by atoms with Gasteiger partial charge in [0.25, 0.3) is 0 Å². The van der Waals surface area contributed by atoms with Crippen molar-refractivity contribution < 1.29 is 43.2 Å². The summed E-state index contributed by atoms with van der Waals surface area (Å²) < 4.78 is 0. The fourth-order valence-electron chi connectivity index (χ4n) is 7.98. The van der Waals surface area contributed by atoms with Crippen LogP contribution < -0.4 is 76.9 Å². The lowest BCUT2D eigenvalue weighted by Gasteiger charge is -2.28. The van der Waals surface area contributed by atoms with Crippen molar-refractivity contribution in [2.75, 3.05) is 32.7 Å². The minimum absolute atomic E-state index is 0.00920. The molecule has 1 aromatic carbocycles. The second-order valence-electron chi connectivity index (χ2n) is 19.7. The molecule has 8 atom stereocenters. The van der Waals surface area contributed by atoms with E-state index in [1.165, 1.54) is 12.8 Å². The Labute approximate surface area is 438 Å².